The molecule has 0 amide bonds. The number of hydrogen-bond donors (Lipinski definition) is 0. The van der Waals surface area contributed by atoms with E-state index in [1.54, 1.807) is 0 Å². The van der Waals surface area contributed by atoms with Gasteiger partial charge in [0, 0.05) is 6.61 Å². The van der Waals surface area contributed by atoms with Crippen molar-refractivity contribution in [1.29, 1.82) is 0 Å². The quantitative estimate of drug-likeness (QED) is 0.164. The molecule has 0 aromatic carbocycles. The van der Waals surface area contributed by atoms with Crippen molar-refractivity contribution in [3.63, 3.8) is 0 Å². The van der Waals surface area contributed by atoms with Crippen molar-refractivity contribution in [2.75, 3.05) is 19.8 Å². The van der Waals surface area contributed by atoms with Crippen LogP contribution < -0.4 is 0 Å². The fourth-order valence-corrected chi connectivity index (χ4v) is 3.79. The van der Waals surface area contributed by atoms with Crippen LogP contribution in [0.3, 0.4) is 0 Å². The van der Waals surface area contributed by atoms with Crippen LogP contribution >= 0.6 is 0 Å². The first-order chi connectivity index (χ1) is 14.7. The molecule has 1 aliphatic rings. The van der Waals surface area contributed by atoms with Crippen molar-refractivity contribution >= 4 is 11.9 Å². The summed E-state index contributed by atoms with van der Waals surface area (Å²) in [6.07, 6.45) is 20.5. The molecule has 0 saturated carbocycles. The highest BCUT2D eigenvalue weighted by Gasteiger charge is 2.18. The largest absolute Gasteiger partial charge is 0.466 e. The number of esters is 2. The number of ether oxygens (including phenoxy) is 3. The Bertz CT molecular complexity index is 418. The minimum absolute atomic E-state index is 0.0289. The van der Waals surface area contributed by atoms with Crippen molar-refractivity contribution in [2.45, 2.75) is 129 Å². The normalized spacial score (nSPS) is 16.0. The second kappa shape index (κ2) is 19.8. The van der Waals surface area contributed by atoms with E-state index in [0.29, 0.717) is 13.2 Å². The molecule has 30 heavy (non-hydrogen) atoms. The smallest absolute Gasteiger partial charge is 0.306 e. The van der Waals surface area contributed by atoms with Crippen LogP contribution in [0.15, 0.2) is 0 Å². The van der Waals surface area contributed by atoms with Gasteiger partial charge in [0.15, 0.2) is 0 Å². The molecule has 5 heteroatoms. The molecule has 1 aliphatic heterocycles. The van der Waals surface area contributed by atoms with Crippen LogP contribution in [0.5, 0.6) is 0 Å². The van der Waals surface area contributed by atoms with E-state index in [4.69, 9.17) is 14.2 Å². The molecule has 0 aromatic heterocycles. The van der Waals surface area contributed by atoms with Crippen molar-refractivity contribution < 1.29 is 23.8 Å². The van der Waals surface area contributed by atoms with Gasteiger partial charge in [-0.25, -0.2) is 0 Å². The third-order valence-corrected chi connectivity index (χ3v) is 5.75. The average molecular weight is 427 g/mol. The van der Waals surface area contributed by atoms with E-state index < -0.39 is 0 Å². The van der Waals surface area contributed by atoms with Gasteiger partial charge in [0.2, 0.25) is 0 Å². The Morgan fingerprint density at radius 1 is 0.733 bits per heavy atom. The molecule has 1 unspecified atom stereocenters. The third kappa shape index (κ3) is 16.7. The van der Waals surface area contributed by atoms with Crippen LogP contribution in [-0.4, -0.2) is 37.9 Å². The van der Waals surface area contributed by atoms with E-state index in [2.05, 4.69) is 6.92 Å². The van der Waals surface area contributed by atoms with Crippen LogP contribution in [0.4, 0.5) is 0 Å². The first kappa shape index (κ1) is 26.9. The van der Waals surface area contributed by atoms with Crippen molar-refractivity contribution in [2.24, 2.45) is 0 Å². The molecule has 1 fully saturated rings. The minimum Gasteiger partial charge on any atom is -0.466 e. The molecule has 1 rings (SSSR count). The maximum atomic E-state index is 11.7. The SMILES string of the molecule is CCCCCCCCCCCCCCCCOC(=O)CCC(=O)OCC1CCCO1. The average Bonchev–Trinajstić information content (AvgIpc) is 3.27. The highest BCUT2D eigenvalue weighted by Crippen LogP contribution is 2.14. The van der Waals surface area contributed by atoms with Gasteiger partial charge in [0.1, 0.15) is 6.61 Å². The highest BCUT2D eigenvalue weighted by atomic mass is 16.6. The van der Waals surface area contributed by atoms with Crippen molar-refractivity contribution in [3.8, 4) is 0 Å². The number of carbonyl (C=O) groups excluding carboxylic acids is 2. The second-order valence-electron chi connectivity index (χ2n) is 8.63. The molecule has 0 radical (unpaired) electrons. The summed E-state index contributed by atoms with van der Waals surface area (Å²) in [6, 6.07) is 0. The van der Waals surface area contributed by atoms with Gasteiger partial charge >= 0.3 is 11.9 Å². The Kier molecular flexibility index (Phi) is 17.8. The first-order valence-corrected chi connectivity index (χ1v) is 12.6. The zero-order valence-electron chi connectivity index (χ0n) is 19.5. The second-order valence-corrected chi connectivity index (χ2v) is 8.63. The lowest BCUT2D eigenvalue weighted by atomic mass is 10.0. The van der Waals surface area contributed by atoms with E-state index >= 15 is 0 Å². The lowest BCUT2D eigenvalue weighted by Gasteiger charge is -2.10. The van der Waals surface area contributed by atoms with Gasteiger partial charge in [-0.2, -0.15) is 0 Å². The molecular weight excluding hydrogens is 380 g/mol. The van der Waals surface area contributed by atoms with Crippen LogP contribution in [0, 0.1) is 0 Å². The summed E-state index contributed by atoms with van der Waals surface area (Å²) < 4.78 is 15.7. The topological polar surface area (TPSA) is 61.8 Å². The molecule has 176 valence electrons. The number of rotatable bonds is 20. The summed E-state index contributed by atoms with van der Waals surface area (Å²) in [5.41, 5.74) is 0. The molecule has 5 nitrogen and oxygen atoms in total. The molecule has 1 heterocycles. The van der Waals surface area contributed by atoms with E-state index in [9.17, 15) is 9.59 Å². The van der Waals surface area contributed by atoms with Gasteiger partial charge in [-0.05, 0) is 19.3 Å². The summed E-state index contributed by atoms with van der Waals surface area (Å²) in [6.45, 7) is 3.77. The van der Waals surface area contributed by atoms with Gasteiger partial charge in [-0.15, -0.1) is 0 Å². The molecule has 0 aliphatic carbocycles. The summed E-state index contributed by atoms with van der Waals surface area (Å²) in [7, 11) is 0. The Hall–Kier alpha value is -1.10. The fraction of sp³-hybridized carbons (Fsp3) is 0.920. The Labute approximate surface area is 184 Å². The predicted molar refractivity (Wildman–Crippen MR) is 120 cm³/mol. The van der Waals surface area contributed by atoms with Crippen LogP contribution in [-0.2, 0) is 23.8 Å². The lowest BCUT2D eigenvalue weighted by Crippen LogP contribution is -2.18. The van der Waals surface area contributed by atoms with E-state index in [1.165, 1.54) is 77.0 Å². The van der Waals surface area contributed by atoms with Gasteiger partial charge in [-0.1, -0.05) is 90.4 Å². The van der Waals surface area contributed by atoms with Crippen LogP contribution in [0.25, 0.3) is 0 Å². The Morgan fingerprint density at radius 2 is 1.23 bits per heavy atom. The van der Waals surface area contributed by atoms with Crippen molar-refractivity contribution in [3.05, 3.63) is 0 Å². The number of carbonyl (C=O) groups is 2. The Morgan fingerprint density at radius 3 is 1.73 bits per heavy atom. The van der Waals surface area contributed by atoms with Gasteiger partial charge in [0.25, 0.3) is 0 Å². The summed E-state index contributed by atoms with van der Waals surface area (Å²) in [4.78, 5) is 23.3. The highest BCUT2D eigenvalue weighted by molar-refractivity contribution is 5.77. The van der Waals surface area contributed by atoms with Gasteiger partial charge in [0.05, 0.1) is 25.6 Å². The molecule has 0 bridgehead atoms. The standard InChI is InChI=1S/C25H46O5/c1-2-3-4-5-6-7-8-9-10-11-12-13-14-15-20-29-24(26)18-19-25(27)30-22-23-17-16-21-28-23/h23H,2-22H2,1H3. The molecule has 1 atom stereocenters. The van der Waals surface area contributed by atoms with Crippen LogP contribution in [0.2, 0.25) is 0 Å². The van der Waals surface area contributed by atoms with E-state index in [1.807, 2.05) is 0 Å². The fourth-order valence-electron chi connectivity index (χ4n) is 3.79. The molecule has 0 aromatic rings. The number of unbranched alkanes of at least 4 members (excludes halogenated alkanes) is 13. The summed E-state index contributed by atoms with van der Waals surface area (Å²) in [5.74, 6) is -0.655. The summed E-state index contributed by atoms with van der Waals surface area (Å²) in [5, 5.41) is 0. The molecular formula is C25H46O5. The zero-order valence-corrected chi connectivity index (χ0v) is 19.5. The third-order valence-electron chi connectivity index (χ3n) is 5.75. The minimum atomic E-state index is -0.348. The monoisotopic (exact) mass is 426 g/mol. The Balaban J connectivity index is 1.76. The zero-order chi connectivity index (χ0) is 21.7. The van der Waals surface area contributed by atoms with E-state index in [0.717, 1.165) is 32.3 Å². The van der Waals surface area contributed by atoms with Crippen LogP contribution in [0.1, 0.15) is 122 Å². The number of hydrogen-bond acceptors (Lipinski definition) is 5. The molecule has 0 N–H and O–H groups in total. The van der Waals surface area contributed by atoms with Gasteiger partial charge in [-0.3, -0.25) is 9.59 Å². The van der Waals surface area contributed by atoms with E-state index in [-0.39, 0.29) is 30.9 Å². The summed E-state index contributed by atoms with van der Waals surface area (Å²) >= 11 is 0. The first-order valence-electron chi connectivity index (χ1n) is 12.6. The maximum absolute atomic E-state index is 11.7. The lowest BCUT2D eigenvalue weighted by molar-refractivity contribution is -0.152. The maximum Gasteiger partial charge on any atom is 0.306 e. The van der Waals surface area contributed by atoms with Crippen molar-refractivity contribution in [1.82, 2.24) is 0 Å². The molecule has 0 spiro atoms. The van der Waals surface area contributed by atoms with Gasteiger partial charge < -0.3 is 14.2 Å². The predicted octanol–water partition coefficient (Wildman–Crippen LogP) is 6.51. The molecule has 1 saturated heterocycles.